The molecule has 2 fully saturated rings. The largest absolute Gasteiger partial charge is 0.476 e. The minimum Gasteiger partial charge on any atom is -0.476 e. The molecule has 2 aliphatic rings. The van der Waals surface area contributed by atoms with Gasteiger partial charge in [0, 0.05) is 5.92 Å². The van der Waals surface area contributed by atoms with Gasteiger partial charge >= 0.3 is 0 Å². The molecule has 0 radical (unpaired) electrons. The fourth-order valence-electron chi connectivity index (χ4n) is 2.66. The number of ether oxygens (including phenoxy) is 1. The summed E-state index contributed by atoms with van der Waals surface area (Å²) in [5, 5.41) is 2.66. The molecule has 1 unspecified atom stereocenters. The fourth-order valence-corrected chi connectivity index (χ4v) is 2.66. The minimum atomic E-state index is -0.715. The van der Waals surface area contributed by atoms with Crippen molar-refractivity contribution in [3.8, 4) is 5.88 Å². The molecule has 3 N–H and O–H groups in total. The standard InChI is InChI=1S/C18H26N4O3/c1-10(2)7-13(16(19)23)21-17(24)14-8-20-15(12-5-6-12)18(22-14)25-9-11-3-4-11/h8,10-13H,3-7,9H2,1-2H3,(H2,19,23)(H,21,24). The Morgan fingerprint density at radius 1 is 1.32 bits per heavy atom. The van der Waals surface area contributed by atoms with Crippen molar-refractivity contribution in [3.05, 3.63) is 17.6 Å². The number of hydrogen-bond donors (Lipinski definition) is 2. The Bertz CT molecular complexity index is 654. The average molecular weight is 346 g/mol. The lowest BCUT2D eigenvalue weighted by Gasteiger charge is -2.17. The molecule has 0 saturated heterocycles. The van der Waals surface area contributed by atoms with Gasteiger partial charge in [-0.3, -0.25) is 14.6 Å². The van der Waals surface area contributed by atoms with Gasteiger partial charge in [-0.15, -0.1) is 0 Å². The van der Waals surface area contributed by atoms with Crippen molar-refractivity contribution >= 4 is 11.8 Å². The number of carbonyl (C=O) groups excluding carboxylic acids is 2. The molecule has 1 aromatic heterocycles. The summed E-state index contributed by atoms with van der Waals surface area (Å²) in [6.07, 6.45) is 6.47. The van der Waals surface area contributed by atoms with Crippen LogP contribution in [0.1, 0.15) is 68.1 Å². The van der Waals surface area contributed by atoms with E-state index in [4.69, 9.17) is 10.5 Å². The van der Waals surface area contributed by atoms with E-state index >= 15 is 0 Å². The third-order valence-corrected chi connectivity index (χ3v) is 4.47. The maximum atomic E-state index is 12.5. The highest BCUT2D eigenvalue weighted by Crippen LogP contribution is 2.42. The van der Waals surface area contributed by atoms with Gasteiger partial charge in [0.25, 0.3) is 5.91 Å². The molecule has 1 heterocycles. The lowest BCUT2D eigenvalue weighted by Crippen LogP contribution is -2.45. The number of amides is 2. The Morgan fingerprint density at radius 2 is 2.04 bits per heavy atom. The molecule has 1 atom stereocenters. The molecular weight excluding hydrogens is 320 g/mol. The average Bonchev–Trinajstić information content (AvgIpc) is 3.45. The maximum absolute atomic E-state index is 12.5. The molecule has 1 aromatic rings. The van der Waals surface area contributed by atoms with Crippen LogP contribution >= 0.6 is 0 Å². The summed E-state index contributed by atoms with van der Waals surface area (Å²) in [7, 11) is 0. The number of rotatable bonds is 9. The van der Waals surface area contributed by atoms with Gasteiger partial charge in [-0.05, 0) is 43.9 Å². The number of nitrogens with two attached hydrogens (primary N) is 1. The van der Waals surface area contributed by atoms with Crippen molar-refractivity contribution in [1.82, 2.24) is 15.3 Å². The molecule has 0 bridgehead atoms. The molecule has 2 amide bonds. The van der Waals surface area contributed by atoms with Crippen LogP contribution < -0.4 is 15.8 Å². The normalized spacial score (nSPS) is 18.0. The quantitative estimate of drug-likeness (QED) is 0.708. The number of carbonyl (C=O) groups is 2. The first-order chi connectivity index (χ1) is 11.9. The summed E-state index contributed by atoms with van der Waals surface area (Å²) in [5.74, 6) is 0.681. The number of nitrogens with one attached hydrogen (secondary N) is 1. The first-order valence-electron chi connectivity index (χ1n) is 9.04. The fraction of sp³-hybridized carbons (Fsp3) is 0.667. The van der Waals surface area contributed by atoms with Crippen LogP contribution in [0.15, 0.2) is 6.20 Å². The molecule has 2 aliphatic carbocycles. The summed E-state index contributed by atoms with van der Waals surface area (Å²) in [6, 6.07) is -0.715. The van der Waals surface area contributed by atoms with Crippen LogP contribution in [0.4, 0.5) is 0 Å². The molecule has 3 rings (SSSR count). The molecule has 0 spiro atoms. The highest BCUT2D eigenvalue weighted by Gasteiger charge is 2.31. The Morgan fingerprint density at radius 3 is 2.60 bits per heavy atom. The van der Waals surface area contributed by atoms with Crippen LogP contribution in [-0.4, -0.2) is 34.4 Å². The van der Waals surface area contributed by atoms with Gasteiger partial charge in [-0.2, -0.15) is 0 Å². The van der Waals surface area contributed by atoms with Gasteiger partial charge in [0.15, 0.2) is 0 Å². The second-order valence-corrected chi connectivity index (χ2v) is 7.53. The second-order valence-electron chi connectivity index (χ2n) is 7.53. The van der Waals surface area contributed by atoms with E-state index in [1.807, 2.05) is 13.8 Å². The first-order valence-corrected chi connectivity index (χ1v) is 9.04. The highest BCUT2D eigenvalue weighted by atomic mass is 16.5. The molecule has 0 aromatic carbocycles. The molecular formula is C18H26N4O3. The van der Waals surface area contributed by atoms with E-state index in [0.29, 0.717) is 30.7 Å². The Hall–Kier alpha value is -2.18. The van der Waals surface area contributed by atoms with Crippen LogP contribution in [-0.2, 0) is 4.79 Å². The van der Waals surface area contributed by atoms with Crippen LogP contribution in [0.2, 0.25) is 0 Å². The van der Waals surface area contributed by atoms with Gasteiger partial charge < -0.3 is 15.8 Å². The summed E-state index contributed by atoms with van der Waals surface area (Å²) >= 11 is 0. The predicted molar refractivity (Wildman–Crippen MR) is 92.1 cm³/mol. The van der Waals surface area contributed by atoms with Crippen molar-refractivity contribution in [3.63, 3.8) is 0 Å². The number of nitrogens with zero attached hydrogens (tertiary/aromatic N) is 2. The van der Waals surface area contributed by atoms with E-state index in [1.165, 1.54) is 19.0 Å². The Kier molecular flexibility index (Phi) is 5.20. The van der Waals surface area contributed by atoms with Crippen molar-refractivity contribution < 1.29 is 14.3 Å². The second kappa shape index (κ2) is 7.37. The Balaban J connectivity index is 1.72. The number of aromatic nitrogens is 2. The molecule has 0 aliphatic heterocycles. The lowest BCUT2D eigenvalue weighted by molar-refractivity contribution is -0.120. The van der Waals surface area contributed by atoms with Gasteiger partial charge in [-0.25, -0.2) is 4.98 Å². The lowest BCUT2D eigenvalue weighted by atomic mass is 10.0. The van der Waals surface area contributed by atoms with Crippen molar-refractivity contribution in [2.24, 2.45) is 17.6 Å². The maximum Gasteiger partial charge on any atom is 0.272 e. The van der Waals surface area contributed by atoms with Crippen LogP contribution in [0.25, 0.3) is 0 Å². The smallest absolute Gasteiger partial charge is 0.272 e. The van der Waals surface area contributed by atoms with E-state index in [0.717, 1.165) is 18.5 Å². The van der Waals surface area contributed by atoms with Gasteiger partial charge in [0.2, 0.25) is 11.8 Å². The summed E-state index contributed by atoms with van der Waals surface area (Å²) < 4.78 is 5.82. The summed E-state index contributed by atoms with van der Waals surface area (Å²) in [5.41, 5.74) is 6.38. The monoisotopic (exact) mass is 346 g/mol. The highest BCUT2D eigenvalue weighted by molar-refractivity contribution is 5.95. The third kappa shape index (κ3) is 4.90. The SMILES string of the molecule is CC(C)CC(NC(=O)c1cnc(C2CC2)c(OCC2CC2)n1)C(N)=O. The van der Waals surface area contributed by atoms with Crippen LogP contribution in [0.3, 0.4) is 0 Å². The predicted octanol–water partition coefficient (Wildman–Crippen LogP) is 1.77. The van der Waals surface area contributed by atoms with Gasteiger partial charge in [0.05, 0.1) is 12.8 Å². The molecule has 2 saturated carbocycles. The molecule has 25 heavy (non-hydrogen) atoms. The van der Waals surface area contributed by atoms with Crippen LogP contribution in [0.5, 0.6) is 5.88 Å². The molecule has 7 nitrogen and oxygen atoms in total. The van der Waals surface area contributed by atoms with E-state index < -0.39 is 17.9 Å². The zero-order valence-corrected chi connectivity index (χ0v) is 14.8. The van der Waals surface area contributed by atoms with Crippen molar-refractivity contribution in [1.29, 1.82) is 0 Å². The Labute approximate surface area is 147 Å². The van der Waals surface area contributed by atoms with Crippen molar-refractivity contribution in [2.75, 3.05) is 6.61 Å². The topological polar surface area (TPSA) is 107 Å². The zero-order chi connectivity index (χ0) is 18.0. The van der Waals surface area contributed by atoms with Gasteiger partial charge in [0.1, 0.15) is 17.4 Å². The molecule has 136 valence electrons. The minimum absolute atomic E-state index is 0.158. The zero-order valence-electron chi connectivity index (χ0n) is 14.8. The summed E-state index contributed by atoms with van der Waals surface area (Å²) in [6.45, 7) is 4.56. The number of hydrogen-bond acceptors (Lipinski definition) is 5. The van der Waals surface area contributed by atoms with Crippen LogP contribution in [0, 0.1) is 11.8 Å². The van der Waals surface area contributed by atoms with Crippen molar-refractivity contribution in [2.45, 2.75) is 57.9 Å². The van der Waals surface area contributed by atoms with E-state index in [-0.39, 0.29) is 11.6 Å². The van der Waals surface area contributed by atoms with Gasteiger partial charge in [-0.1, -0.05) is 13.8 Å². The van der Waals surface area contributed by atoms with E-state index in [1.54, 1.807) is 0 Å². The number of primary amides is 1. The van der Waals surface area contributed by atoms with E-state index in [2.05, 4.69) is 15.3 Å². The first kappa shape index (κ1) is 17.6. The summed E-state index contributed by atoms with van der Waals surface area (Å²) in [4.78, 5) is 32.8. The molecule has 7 heteroatoms. The van der Waals surface area contributed by atoms with E-state index in [9.17, 15) is 9.59 Å². The third-order valence-electron chi connectivity index (χ3n) is 4.47.